The van der Waals surface area contributed by atoms with Crippen LogP contribution < -0.4 is 10.6 Å². The van der Waals surface area contributed by atoms with Crippen LogP contribution in [0.1, 0.15) is 22.3 Å². The summed E-state index contributed by atoms with van der Waals surface area (Å²) in [5.74, 6) is -1.01. The maximum atomic E-state index is 13.1. The predicted octanol–water partition coefficient (Wildman–Crippen LogP) is 6.61. The van der Waals surface area contributed by atoms with E-state index in [2.05, 4.69) is 10.6 Å². The number of carbonyl (C=O) groups excluding carboxylic acids is 2. The van der Waals surface area contributed by atoms with Crippen molar-refractivity contribution in [1.29, 1.82) is 0 Å². The third-order valence-electron chi connectivity index (χ3n) is 5.89. The second kappa shape index (κ2) is 11.0. The first-order chi connectivity index (χ1) is 17.3. The molecule has 0 fully saturated rings. The van der Waals surface area contributed by atoms with Gasteiger partial charge in [0.25, 0.3) is 0 Å². The van der Waals surface area contributed by atoms with Gasteiger partial charge in [0.15, 0.2) is 0 Å². The number of aryl methyl sites for hydroxylation is 2. The van der Waals surface area contributed by atoms with Crippen LogP contribution in [0.5, 0.6) is 0 Å². The lowest BCUT2D eigenvalue weighted by atomic mass is 9.99. The van der Waals surface area contributed by atoms with E-state index in [0.29, 0.717) is 11.4 Å². The van der Waals surface area contributed by atoms with Gasteiger partial charge in [-0.2, -0.15) is 0 Å². The summed E-state index contributed by atoms with van der Waals surface area (Å²) in [5, 5.41) is 5.83. The first-order valence-electron chi connectivity index (χ1n) is 11.6. The number of hydrogen-bond donors (Lipinski definition) is 2. The van der Waals surface area contributed by atoms with Gasteiger partial charge in [0.05, 0.1) is 12.8 Å². The molecule has 0 aliphatic rings. The number of carbonyl (C=O) groups is 2. The zero-order valence-corrected chi connectivity index (χ0v) is 20.1. The summed E-state index contributed by atoms with van der Waals surface area (Å²) < 4.78 is 26.1. The smallest absolute Gasteiger partial charge is 0.228 e. The maximum Gasteiger partial charge on any atom is 0.228 e. The molecule has 0 saturated heterocycles. The molecule has 2 N–H and O–H groups in total. The van der Waals surface area contributed by atoms with Crippen molar-refractivity contribution in [3.8, 4) is 11.1 Å². The number of amides is 2. The van der Waals surface area contributed by atoms with Gasteiger partial charge >= 0.3 is 0 Å². The highest BCUT2D eigenvalue weighted by atomic mass is 19.1. The molecule has 0 heterocycles. The molecule has 0 radical (unpaired) electrons. The van der Waals surface area contributed by atoms with E-state index < -0.39 is 0 Å². The number of halogens is 2. The van der Waals surface area contributed by atoms with E-state index in [1.807, 2.05) is 50.2 Å². The van der Waals surface area contributed by atoms with Crippen LogP contribution in [-0.2, 0) is 22.4 Å². The lowest BCUT2D eigenvalue weighted by Crippen LogP contribution is -2.15. The van der Waals surface area contributed by atoms with Crippen LogP contribution >= 0.6 is 0 Å². The molecule has 6 heteroatoms. The Balaban J connectivity index is 1.40. The molecule has 0 unspecified atom stereocenters. The van der Waals surface area contributed by atoms with Crippen LogP contribution in [0.4, 0.5) is 20.2 Å². The lowest BCUT2D eigenvalue weighted by Gasteiger charge is -2.13. The Kier molecular flexibility index (Phi) is 7.54. The summed E-state index contributed by atoms with van der Waals surface area (Å²) in [4.78, 5) is 24.8. The van der Waals surface area contributed by atoms with Gasteiger partial charge in [0.1, 0.15) is 11.6 Å². The molecule has 4 aromatic carbocycles. The Labute approximate surface area is 209 Å². The third kappa shape index (κ3) is 6.42. The normalized spacial score (nSPS) is 10.7. The van der Waals surface area contributed by atoms with Gasteiger partial charge in [-0.25, -0.2) is 8.78 Å². The fourth-order valence-electron chi connectivity index (χ4n) is 3.93. The fraction of sp³-hybridized carbons (Fsp3) is 0.133. The van der Waals surface area contributed by atoms with Crippen molar-refractivity contribution in [2.75, 3.05) is 10.6 Å². The van der Waals surface area contributed by atoms with Crippen LogP contribution in [0.3, 0.4) is 0 Å². The highest BCUT2D eigenvalue weighted by Crippen LogP contribution is 2.28. The number of benzene rings is 4. The molecule has 0 saturated carbocycles. The first kappa shape index (κ1) is 24.8. The molecule has 0 aliphatic carbocycles. The van der Waals surface area contributed by atoms with Gasteiger partial charge < -0.3 is 10.6 Å². The monoisotopic (exact) mass is 484 g/mol. The van der Waals surface area contributed by atoms with Crippen molar-refractivity contribution in [2.24, 2.45) is 0 Å². The topological polar surface area (TPSA) is 58.2 Å². The molecule has 0 atom stereocenters. The second-order valence-electron chi connectivity index (χ2n) is 8.76. The summed E-state index contributed by atoms with van der Waals surface area (Å²) in [5.41, 5.74) is 6.70. The van der Waals surface area contributed by atoms with Gasteiger partial charge in [-0.05, 0) is 95.8 Å². The van der Waals surface area contributed by atoms with Crippen molar-refractivity contribution in [3.05, 3.63) is 119 Å². The highest BCUT2D eigenvalue weighted by molar-refractivity contribution is 5.94. The molecule has 4 aromatic rings. The largest absolute Gasteiger partial charge is 0.326 e. The van der Waals surface area contributed by atoms with Crippen molar-refractivity contribution < 1.29 is 18.4 Å². The fourth-order valence-corrected chi connectivity index (χ4v) is 3.93. The SMILES string of the molecule is Cc1cc(-c2ccc(NC(=O)Cc3ccc(F)cc3)c(C)c2)ccc1NC(=O)Cc1ccc(F)cc1. The number of rotatable bonds is 7. The molecule has 4 rings (SSSR count). The molecule has 182 valence electrons. The zero-order chi connectivity index (χ0) is 25.7. The summed E-state index contributed by atoms with van der Waals surface area (Å²) in [6.45, 7) is 3.85. The van der Waals surface area contributed by atoms with Crippen LogP contribution in [0.15, 0.2) is 84.9 Å². The average Bonchev–Trinajstić information content (AvgIpc) is 2.84. The molecule has 0 aromatic heterocycles. The quantitative estimate of drug-likeness (QED) is 0.310. The number of nitrogens with one attached hydrogen (secondary N) is 2. The standard InChI is InChI=1S/C30H26F2N2O2/c1-19-15-23(7-13-27(19)33-29(35)17-21-3-9-25(31)10-4-21)24-8-14-28(20(2)16-24)34-30(36)18-22-5-11-26(32)12-6-22/h3-16H,17-18H2,1-2H3,(H,33,35)(H,34,36). The van der Waals surface area contributed by atoms with Gasteiger partial charge in [-0.1, -0.05) is 36.4 Å². The molecule has 2 amide bonds. The predicted molar refractivity (Wildman–Crippen MR) is 139 cm³/mol. The Hall–Kier alpha value is -4.32. The minimum atomic E-state index is -0.332. The van der Waals surface area contributed by atoms with Crippen molar-refractivity contribution in [2.45, 2.75) is 26.7 Å². The molecule has 4 nitrogen and oxygen atoms in total. The van der Waals surface area contributed by atoms with E-state index in [4.69, 9.17) is 0 Å². The summed E-state index contributed by atoms with van der Waals surface area (Å²) >= 11 is 0. The van der Waals surface area contributed by atoms with Crippen LogP contribution in [0.2, 0.25) is 0 Å². The van der Waals surface area contributed by atoms with Crippen LogP contribution in [0, 0.1) is 25.5 Å². The minimum absolute atomic E-state index is 0.162. The summed E-state index contributed by atoms with van der Waals surface area (Å²) in [7, 11) is 0. The van der Waals surface area contributed by atoms with E-state index in [1.54, 1.807) is 24.3 Å². The highest BCUT2D eigenvalue weighted by Gasteiger charge is 2.10. The van der Waals surface area contributed by atoms with E-state index in [0.717, 1.165) is 33.4 Å². The molecule has 36 heavy (non-hydrogen) atoms. The van der Waals surface area contributed by atoms with Gasteiger partial charge in [0, 0.05) is 11.4 Å². The van der Waals surface area contributed by atoms with E-state index >= 15 is 0 Å². The molecule has 0 spiro atoms. The summed E-state index contributed by atoms with van der Waals surface area (Å²) in [6, 6.07) is 23.3. The van der Waals surface area contributed by atoms with E-state index in [9.17, 15) is 18.4 Å². The second-order valence-corrected chi connectivity index (χ2v) is 8.76. The van der Waals surface area contributed by atoms with E-state index in [-0.39, 0.29) is 36.3 Å². The number of anilines is 2. The zero-order valence-electron chi connectivity index (χ0n) is 20.1. The van der Waals surface area contributed by atoms with Gasteiger partial charge in [-0.3, -0.25) is 9.59 Å². The van der Waals surface area contributed by atoms with Crippen LogP contribution in [0.25, 0.3) is 11.1 Å². The first-order valence-corrected chi connectivity index (χ1v) is 11.6. The van der Waals surface area contributed by atoms with Crippen molar-refractivity contribution in [1.82, 2.24) is 0 Å². The Morgan fingerprint density at radius 3 is 1.28 bits per heavy atom. The van der Waals surface area contributed by atoms with Crippen molar-refractivity contribution in [3.63, 3.8) is 0 Å². The van der Waals surface area contributed by atoms with Crippen LogP contribution in [-0.4, -0.2) is 11.8 Å². The molecule has 0 bridgehead atoms. The Bertz CT molecular complexity index is 1290. The van der Waals surface area contributed by atoms with Gasteiger partial charge in [-0.15, -0.1) is 0 Å². The maximum absolute atomic E-state index is 13.1. The van der Waals surface area contributed by atoms with Gasteiger partial charge in [0.2, 0.25) is 11.8 Å². The average molecular weight is 485 g/mol. The molecular formula is C30H26F2N2O2. The molecular weight excluding hydrogens is 458 g/mol. The third-order valence-corrected chi connectivity index (χ3v) is 5.89. The Morgan fingerprint density at radius 2 is 0.944 bits per heavy atom. The lowest BCUT2D eigenvalue weighted by molar-refractivity contribution is -0.116. The number of hydrogen-bond acceptors (Lipinski definition) is 2. The minimum Gasteiger partial charge on any atom is -0.326 e. The Morgan fingerprint density at radius 1 is 0.583 bits per heavy atom. The molecule has 0 aliphatic heterocycles. The van der Waals surface area contributed by atoms with Crippen molar-refractivity contribution >= 4 is 23.2 Å². The van der Waals surface area contributed by atoms with E-state index in [1.165, 1.54) is 24.3 Å². The summed E-state index contributed by atoms with van der Waals surface area (Å²) in [6.07, 6.45) is 0.323.